The Kier molecular flexibility index (Phi) is 4.52. The van der Waals surface area contributed by atoms with Gasteiger partial charge in [0.05, 0.1) is 17.6 Å². The van der Waals surface area contributed by atoms with E-state index in [-0.39, 0.29) is 12.5 Å². The zero-order valence-corrected chi connectivity index (χ0v) is 13.0. The van der Waals surface area contributed by atoms with Crippen molar-refractivity contribution in [3.05, 3.63) is 66.0 Å². The van der Waals surface area contributed by atoms with E-state index in [1.165, 1.54) is 0 Å². The predicted octanol–water partition coefficient (Wildman–Crippen LogP) is 3.77. The van der Waals surface area contributed by atoms with Gasteiger partial charge in [0.15, 0.2) is 0 Å². The van der Waals surface area contributed by atoms with Crippen molar-refractivity contribution in [1.82, 2.24) is 9.55 Å². The minimum Gasteiger partial charge on any atom is -0.465 e. The molecular weight excluding hydrogens is 288 g/mol. The summed E-state index contributed by atoms with van der Waals surface area (Å²) in [4.78, 5) is 16.5. The van der Waals surface area contributed by atoms with E-state index >= 15 is 0 Å². The van der Waals surface area contributed by atoms with Gasteiger partial charge in [-0.25, -0.2) is 4.98 Å². The molecule has 4 heteroatoms. The first-order valence-corrected chi connectivity index (χ1v) is 7.62. The Bertz CT molecular complexity index is 835. The number of esters is 1. The molecule has 0 aliphatic carbocycles. The summed E-state index contributed by atoms with van der Waals surface area (Å²) in [5.41, 5.74) is 2.88. The van der Waals surface area contributed by atoms with Crippen molar-refractivity contribution in [2.45, 2.75) is 13.5 Å². The highest BCUT2D eigenvalue weighted by atomic mass is 16.5. The molecule has 3 rings (SSSR count). The summed E-state index contributed by atoms with van der Waals surface area (Å²) in [6, 6.07) is 17.8. The third-order valence-corrected chi connectivity index (χ3v) is 3.50. The Morgan fingerprint density at radius 3 is 2.61 bits per heavy atom. The van der Waals surface area contributed by atoms with Crippen LogP contribution in [0.2, 0.25) is 0 Å². The summed E-state index contributed by atoms with van der Waals surface area (Å²) >= 11 is 0. The van der Waals surface area contributed by atoms with Crippen LogP contribution in [0.5, 0.6) is 0 Å². The number of carbonyl (C=O) groups is 1. The molecule has 0 fully saturated rings. The van der Waals surface area contributed by atoms with Gasteiger partial charge in [0, 0.05) is 0 Å². The topological polar surface area (TPSA) is 44.1 Å². The number of hydrogen-bond acceptors (Lipinski definition) is 3. The van der Waals surface area contributed by atoms with E-state index in [2.05, 4.69) is 4.98 Å². The molecule has 2 aromatic carbocycles. The first-order valence-electron chi connectivity index (χ1n) is 7.62. The van der Waals surface area contributed by atoms with Gasteiger partial charge in [-0.15, -0.1) is 0 Å². The maximum absolute atomic E-state index is 11.9. The quantitative estimate of drug-likeness (QED) is 0.674. The zero-order valence-electron chi connectivity index (χ0n) is 13.0. The number of nitrogens with zero attached hydrogens (tertiary/aromatic N) is 2. The van der Waals surface area contributed by atoms with Crippen molar-refractivity contribution in [2.75, 3.05) is 6.61 Å². The summed E-state index contributed by atoms with van der Waals surface area (Å²) < 4.78 is 6.95. The van der Waals surface area contributed by atoms with Crippen LogP contribution in [-0.4, -0.2) is 22.1 Å². The lowest BCUT2D eigenvalue weighted by Gasteiger charge is -2.06. The Balaban J connectivity index is 1.98. The van der Waals surface area contributed by atoms with Crippen molar-refractivity contribution < 1.29 is 9.53 Å². The molecule has 0 amide bonds. The highest BCUT2D eigenvalue weighted by Crippen LogP contribution is 2.18. The van der Waals surface area contributed by atoms with Crippen molar-refractivity contribution in [1.29, 1.82) is 0 Å². The number of para-hydroxylation sites is 2. The van der Waals surface area contributed by atoms with Gasteiger partial charge in [-0.2, -0.15) is 0 Å². The van der Waals surface area contributed by atoms with E-state index in [1.54, 1.807) is 6.92 Å². The first kappa shape index (κ1) is 15.0. The molecule has 0 atom stereocenters. The van der Waals surface area contributed by atoms with E-state index in [4.69, 9.17) is 4.74 Å². The van der Waals surface area contributed by atoms with E-state index < -0.39 is 0 Å². The van der Waals surface area contributed by atoms with E-state index in [9.17, 15) is 4.79 Å². The molecule has 0 saturated heterocycles. The molecule has 3 aromatic rings. The van der Waals surface area contributed by atoms with Crippen LogP contribution < -0.4 is 0 Å². The summed E-state index contributed by atoms with van der Waals surface area (Å²) in [6.45, 7) is 2.34. The average Bonchev–Trinajstić information content (AvgIpc) is 2.92. The van der Waals surface area contributed by atoms with Gasteiger partial charge in [-0.3, -0.25) is 4.79 Å². The number of hydrogen-bond donors (Lipinski definition) is 0. The van der Waals surface area contributed by atoms with Crippen LogP contribution in [-0.2, 0) is 16.1 Å². The lowest BCUT2D eigenvalue weighted by molar-refractivity contribution is -0.143. The Morgan fingerprint density at radius 1 is 1.09 bits per heavy atom. The highest BCUT2D eigenvalue weighted by Gasteiger charge is 2.12. The van der Waals surface area contributed by atoms with Gasteiger partial charge >= 0.3 is 5.97 Å². The third-order valence-electron chi connectivity index (χ3n) is 3.50. The fourth-order valence-electron chi connectivity index (χ4n) is 2.46. The fraction of sp³-hybridized carbons (Fsp3) is 0.158. The smallest absolute Gasteiger partial charge is 0.326 e. The highest BCUT2D eigenvalue weighted by molar-refractivity contribution is 5.82. The molecule has 116 valence electrons. The lowest BCUT2D eigenvalue weighted by atomic mass is 10.2. The molecule has 0 aliphatic heterocycles. The third kappa shape index (κ3) is 3.48. The van der Waals surface area contributed by atoms with Crippen LogP contribution in [0.1, 0.15) is 18.3 Å². The largest absolute Gasteiger partial charge is 0.465 e. The van der Waals surface area contributed by atoms with Crippen molar-refractivity contribution in [2.24, 2.45) is 0 Å². The number of imidazole rings is 1. The lowest BCUT2D eigenvalue weighted by Crippen LogP contribution is -2.14. The van der Waals surface area contributed by atoms with Gasteiger partial charge in [-0.05, 0) is 30.7 Å². The number of ether oxygens (including phenoxy) is 1. The van der Waals surface area contributed by atoms with Gasteiger partial charge in [-0.1, -0.05) is 48.5 Å². The number of carbonyl (C=O) groups excluding carboxylic acids is 1. The van der Waals surface area contributed by atoms with Crippen molar-refractivity contribution in [3.63, 3.8) is 0 Å². The predicted molar refractivity (Wildman–Crippen MR) is 91.7 cm³/mol. The van der Waals surface area contributed by atoms with Crippen LogP contribution in [0.25, 0.3) is 23.2 Å². The average molecular weight is 306 g/mol. The number of rotatable bonds is 5. The first-order chi connectivity index (χ1) is 11.3. The molecular formula is C19H18N2O2. The maximum atomic E-state index is 11.9. The number of benzene rings is 2. The van der Waals surface area contributed by atoms with E-state index in [0.717, 1.165) is 22.4 Å². The number of aromatic nitrogens is 2. The van der Waals surface area contributed by atoms with Gasteiger partial charge in [0.2, 0.25) is 0 Å². The second-order valence-electron chi connectivity index (χ2n) is 5.09. The number of fused-ring (bicyclic) bond motifs is 1. The van der Waals surface area contributed by atoms with Crippen LogP contribution in [0.3, 0.4) is 0 Å². The molecule has 0 bridgehead atoms. The van der Waals surface area contributed by atoms with Crippen LogP contribution >= 0.6 is 0 Å². The van der Waals surface area contributed by atoms with Gasteiger partial charge < -0.3 is 9.30 Å². The molecule has 0 N–H and O–H groups in total. The van der Waals surface area contributed by atoms with E-state index in [0.29, 0.717) is 6.61 Å². The summed E-state index contributed by atoms with van der Waals surface area (Å²) in [5.74, 6) is 0.480. The SMILES string of the molecule is CCOC(=O)Cn1c(/C=C/c2ccccc2)nc2ccccc21. The Hall–Kier alpha value is -2.88. The second-order valence-corrected chi connectivity index (χ2v) is 5.09. The summed E-state index contributed by atoms with van der Waals surface area (Å²) in [5, 5.41) is 0. The van der Waals surface area contributed by atoms with Crippen molar-refractivity contribution >= 4 is 29.2 Å². The van der Waals surface area contributed by atoms with Crippen LogP contribution in [0.4, 0.5) is 0 Å². The molecule has 0 unspecified atom stereocenters. The van der Waals surface area contributed by atoms with Crippen molar-refractivity contribution in [3.8, 4) is 0 Å². The van der Waals surface area contributed by atoms with Crippen LogP contribution in [0.15, 0.2) is 54.6 Å². The Labute approximate surface area is 135 Å². The standard InChI is InChI=1S/C19H18N2O2/c1-2-23-19(22)14-21-17-11-7-6-10-16(17)20-18(21)13-12-15-8-4-3-5-9-15/h3-13H,2,14H2,1H3/b13-12+. The molecule has 0 saturated carbocycles. The molecule has 0 spiro atoms. The maximum Gasteiger partial charge on any atom is 0.326 e. The summed E-state index contributed by atoms with van der Waals surface area (Å²) in [6.07, 6.45) is 3.91. The second kappa shape index (κ2) is 6.92. The minimum atomic E-state index is -0.259. The molecule has 1 aromatic heterocycles. The van der Waals surface area contributed by atoms with Gasteiger partial charge in [0.1, 0.15) is 12.4 Å². The molecule has 0 aliphatic rings. The van der Waals surface area contributed by atoms with Gasteiger partial charge in [0.25, 0.3) is 0 Å². The zero-order chi connectivity index (χ0) is 16.1. The summed E-state index contributed by atoms with van der Waals surface area (Å²) in [7, 11) is 0. The van der Waals surface area contributed by atoms with Crippen LogP contribution in [0, 0.1) is 0 Å². The fourth-order valence-corrected chi connectivity index (χ4v) is 2.46. The van der Waals surface area contributed by atoms with E-state index in [1.807, 2.05) is 71.3 Å². The Morgan fingerprint density at radius 2 is 1.83 bits per heavy atom. The normalized spacial score (nSPS) is 11.2. The molecule has 4 nitrogen and oxygen atoms in total. The minimum absolute atomic E-state index is 0.156. The molecule has 1 heterocycles. The molecule has 0 radical (unpaired) electrons. The molecule has 23 heavy (non-hydrogen) atoms. The monoisotopic (exact) mass is 306 g/mol.